The number of phenolic OH excluding ortho intramolecular Hbond substituents is 3. The lowest BCUT2D eigenvalue weighted by molar-refractivity contribution is -0.271. The van der Waals surface area contributed by atoms with Crippen LogP contribution < -0.4 is 25.1 Å². The van der Waals surface area contributed by atoms with Crippen LogP contribution in [0.1, 0.15) is 0 Å². The topological polar surface area (TPSA) is 343 Å². The van der Waals surface area contributed by atoms with Crippen LogP contribution in [0, 0.1) is 0 Å². The van der Waals surface area contributed by atoms with Crippen molar-refractivity contribution in [3.8, 4) is 57.1 Å². The third-order valence-electron chi connectivity index (χ3n) is 10.2. The Balaban J connectivity index is 1.11. The summed E-state index contributed by atoms with van der Waals surface area (Å²) in [4.78, 5) is 52.2. The summed E-state index contributed by atoms with van der Waals surface area (Å²) >= 11 is 0. The van der Waals surface area contributed by atoms with Crippen LogP contribution in [0.3, 0.4) is 0 Å². The number of carbonyl (C=O) groups excluding carboxylic acids is 1. The Morgan fingerprint density at radius 2 is 0.968 bits per heavy atom. The van der Waals surface area contributed by atoms with Crippen molar-refractivity contribution in [3.63, 3.8) is 0 Å². The van der Waals surface area contributed by atoms with Gasteiger partial charge in [0.2, 0.25) is 12.6 Å². The van der Waals surface area contributed by atoms with Crippen LogP contribution in [0.25, 0.3) is 44.6 Å². The normalized spacial score (nSPS) is 26.0. The van der Waals surface area contributed by atoms with Crippen molar-refractivity contribution in [1.82, 2.24) is 0 Å². The molecule has 8 rings (SSSR count). The maximum absolute atomic E-state index is 13.9. The van der Waals surface area contributed by atoms with E-state index in [-0.39, 0.29) is 45.3 Å². The van der Waals surface area contributed by atoms with Crippen LogP contribution in [0.4, 0.5) is 0 Å². The van der Waals surface area contributed by atoms with Crippen LogP contribution in [0.5, 0.6) is 34.5 Å². The lowest BCUT2D eigenvalue weighted by atomic mass is 9.99. The lowest BCUT2D eigenvalue weighted by Gasteiger charge is -2.39. The summed E-state index contributed by atoms with van der Waals surface area (Å²) in [6.45, 7) is 0. The van der Waals surface area contributed by atoms with Gasteiger partial charge in [0.1, 0.15) is 105 Å². The third kappa shape index (κ3) is 8.20. The molecule has 2 aromatic heterocycles. The Bertz CT molecular complexity index is 2840. The Kier molecular flexibility index (Phi) is 11.3. The van der Waals surface area contributed by atoms with Gasteiger partial charge in [-0.05, 0) is 48.5 Å². The number of carbonyl (C=O) groups is 2. The number of aliphatic hydroxyl groups is 6. The fourth-order valence-corrected chi connectivity index (χ4v) is 6.95. The minimum absolute atomic E-state index is 0.0373. The second-order valence-electron chi connectivity index (χ2n) is 14.4. The van der Waals surface area contributed by atoms with E-state index in [1.165, 1.54) is 48.5 Å². The third-order valence-corrected chi connectivity index (χ3v) is 10.2. The molecule has 0 bridgehead atoms. The molecule has 0 amide bonds. The summed E-state index contributed by atoms with van der Waals surface area (Å²) in [6, 6.07) is 17.2. The quantitative estimate of drug-likeness (QED) is 0.0695. The summed E-state index contributed by atoms with van der Waals surface area (Å²) < 4.78 is 39.4. The van der Waals surface area contributed by atoms with Crippen LogP contribution in [0.2, 0.25) is 0 Å². The monoisotopic (exact) mass is 874 g/mol. The maximum Gasteiger partial charge on any atom is 0.343 e. The summed E-state index contributed by atoms with van der Waals surface area (Å²) in [5.74, 6) is -5.47. The highest BCUT2D eigenvalue weighted by atomic mass is 16.7. The number of benzene rings is 4. The van der Waals surface area contributed by atoms with E-state index in [1.807, 2.05) is 0 Å². The summed E-state index contributed by atoms with van der Waals surface area (Å²) in [6.07, 6.45) is -20.9. The number of carboxylic acids is 1. The average molecular weight is 875 g/mol. The first-order valence-corrected chi connectivity index (χ1v) is 18.7. The number of esters is 1. The van der Waals surface area contributed by atoms with Gasteiger partial charge in [0, 0.05) is 47.5 Å². The fraction of sp³-hybridized carbons (Fsp3) is 0.238. The number of fused-ring (bicyclic) bond motifs is 2. The minimum atomic E-state index is -2.21. The van der Waals surface area contributed by atoms with Crippen LogP contribution >= 0.6 is 0 Å². The van der Waals surface area contributed by atoms with E-state index in [0.29, 0.717) is 11.1 Å². The van der Waals surface area contributed by atoms with E-state index in [4.69, 9.17) is 32.5 Å². The van der Waals surface area contributed by atoms with Gasteiger partial charge in [-0.25, -0.2) is 9.59 Å². The number of carboxylic acid groups (broad SMARTS) is 1. The summed E-state index contributed by atoms with van der Waals surface area (Å²) in [5, 5.41) is 103. The Morgan fingerprint density at radius 3 is 1.48 bits per heavy atom. The molecule has 1 unspecified atom stereocenters. The first kappa shape index (κ1) is 42.6. The molecule has 2 aliphatic heterocycles. The van der Waals surface area contributed by atoms with Crippen molar-refractivity contribution >= 4 is 33.9 Å². The molecule has 21 nitrogen and oxygen atoms in total. The Labute approximate surface area is 350 Å². The molecule has 10 atom stereocenters. The molecule has 328 valence electrons. The predicted molar refractivity (Wildman–Crippen MR) is 209 cm³/mol. The zero-order chi connectivity index (χ0) is 45.0. The number of aliphatic carboxylic acids is 1. The maximum atomic E-state index is 13.9. The molecule has 0 spiro atoms. The van der Waals surface area contributed by atoms with Gasteiger partial charge in [-0.3, -0.25) is 9.59 Å². The van der Waals surface area contributed by atoms with Crippen molar-refractivity contribution in [2.75, 3.05) is 0 Å². The highest BCUT2D eigenvalue weighted by molar-refractivity contribution is 5.90. The molecule has 2 aliphatic rings. The molecule has 0 saturated carbocycles. The lowest BCUT2D eigenvalue weighted by Crippen LogP contribution is -2.61. The van der Waals surface area contributed by atoms with Gasteiger partial charge in [0.05, 0.1) is 0 Å². The van der Waals surface area contributed by atoms with Gasteiger partial charge in [0.25, 0.3) is 0 Å². The number of rotatable bonds is 9. The Hall–Kier alpha value is -7.08. The average Bonchev–Trinajstić information content (AvgIpc) is 3.23. The van der Waals surface area contributed by atoms with Crippen molar-refractivity contribution in [3.05, 3.63) is 105 Å². The molecular formula is C42H34O21. The number of aromatic hydroxyl groups is 3. The first-order valence-electron chi connectivity index (χ1n) is 18.7. The van der Waals surface area contributed by atoms with Crippen LogP contribution in [-0.2, 0) is 19.1 Å². The van der Waals surface area contributed by atoms with E-state index in [9.17, 15) is 70.2 Å². The number of phenols is 3. The second-order valence-corrected chi connectivity index (χ2v) is 14.4. The van der Waals surface area contributed by atoms with E-state index < -0.39 is 107 Å². The van der Waals surface area contributed by atoms with E-state index in [0.717, 1.165) is 36.4 Å². The molecule has 0 aliphatic carbocycles. The Morgan fingerprint density at radius 1 is 0.524 bits per heavy atom. The summed E-state index contributed by atoms with van der Waals surface area (Å²) in [7, 11) is 0. The van der Waals surface area contributed by atoms with Gasteiger partial charge >= 0.3 is 11.9 Å². The number of aliphatic hydroxyl groups excluding tert-OH is 6. The number of hydrogen-bond acceptors (Lipinski definition) is 20. The molecule has 4 heterocycles. The first-order chi connectivity index (χ1) is 30.0. The molecule has 63 heavy (non-hydrogen) atoms. The molecular weight excluding hydrogens is 840 g/mol. The van der Waals surface area contributed by atoms with E-state index in [1.54, 1.807) is 0 Å². The summed E-state index contributed by atoms with van der Waals surface area (Å²) in [5.41, 5.74) is -1.38. The highest BCUT2D eigenvalue weighted by Gasteiger charge is 2.50. The number of hydrogen-bond donors (Lipinski definition) is 10. The number of ether oxygens (including phenoxy) is 5. The zero-order valence-corrected chi connectivity index (χ0v) is 31.8. The molecule has 4 aromatic carbocycles. The molecule has 2 saturated heterocycles. The van der Waals surface area contributed by atoms with Crippen molar-refractivity contribution in [1.29, 1.82) is 0 Å². The van der Waals surface area contributed by atoms with Gasteiger partial charge < -0.3 is 83.6 Å². The molecule has 21 heteroatoms. The molecule has 2 fully saturated rings. The largest absolute Gasteiger partial charge is 0.508 e. The predicted octanol–water partition coefficient (Wildman–Crippen LogP) is 0.413. The fourth-order valence-electron chi connectivity index (χ4n) is 6.95. The van der Waals surface area contributed by atoms with Crippen molar-refractivity contribution in [2.24, 2.45) is 0 Å². The van der Waals surface area contributed by atoms with E-state index in [2.05, 4.69) is 0 Å². The second kappa shape index (κ2) is 16.7. The van der Waals surface area contributed by atoms with Gasteiger partial charge in [-0.15, -0.1) is 0 Å². The standard InChI is InChI=1S/C42H34O21/c43-17-5-1-15(2-6-17)24-13-22(46)29-21(45)9-19(10-26(29)59-24)57-42-36(53)32(49)34(51)38(63-42)40(56)61-28-12-20(58-41-35(52)31(48)33(50)37(62-41)39(54)55)11-27-30(28)23(47)14-25(60-27)16-3-7-18(44)8-4-16/h1-14,31-38,41-45,48-53H,(H,54,55)/t31-,32-,33-,34-,35+,36+,37-,38-,41?,42+/m0/s1. The van der Waals surface area contributed by atoms with Gasteiger partial charge in [0.15, 0.2) is 23.1 Å². The van der Waals surface area contributed by atoms with Gasteiger partial charge in [-0.2, -0.15) is 0 Å². The molecule has 0 radical (unpaired) electrons. The van der Waals surface area contributed by atoms with Crippen molar-refractivity contribution in [2.45, 2.75) is 61.4 Å². The zero-order valence-electron chi connectivity index (χ0n) is 31.8. The SMILES string of the molecule is O=C(Oc1cc(OC2O[C@H](C(=O)O)[C@@H](O)[C@H](O)[C@H]2O)cc2oc(-c3ccc(O)cc3)cc(=O)c12)[C@H]1O[C@@H](Oc2cc(O)c3c(=O)cc(-c4ccc(O)cc4)oc3c2)[C@H](O)[C@@H](O)[C@@H]1O. The smallest absolute Gasteiger partial charge is 0.343 e. The molecule has 10 N–H and O–H groups in total. The molecule has 6 aromatic rings. The highest BCUT2D eigenvalue weighted by Crippen LogP contribution is 2.37. The van der Waals surface area contributed by atoms with E-state index >= 15 is 0 Å². The van der Waals surface area contributed by atoms with Crippen LogP contribution in [-0.4, -0.2) is 124 Å². The van der Waals surface area contributed by atoms with Crippen LogP contribution in [0.15, 0.2) is 103 Å². The van der Waals surface area contributed by atoms with Gasteiger partial charge in [-0.1, -0.05) is 0 Å². The van der Waals surface area contributed by atoms with Crippen molar-refractivity contribution < 1.29 is 93.2 Å². The minimum Gasteiger partial charge on any atom is -0.508 e.